The Morgan fingerprint density at radius 3 is 2.65 bits per heavy atom. The maximum absolute atomic E-state index is 14.3. The number of nitrogens with zero attached hydrogens (tertiary/aromatic N) is 1. The molecule has 0 amide bonds. The van der Waals surface area contributed by atoms with Gasteiger partial charge >= 0.3 is 0 Å². The lowest BCUT2D eigenvalue weighted by Crippen LogP contribution is -2.33. The van der Waals surface area contributed by atoms with Crippen LogP contribution in [0.3, 0.4) is 0 Å². The second-order valence-corrected chi connectivity index (χ2v) is 6.06. The number of hydrogen-bond donors (Lipinski definition) is 1. The van der Waals surface area contributed by atoms with Gasteiger partial charge < -0.3 is 10.2 Å². The molecule has 1 aliphatic rings. The van der Waals surface area contributed by atoms with Crippen molar-refractivity contribution in [3.63, 3.8) is 0 Å². The minimum Gasteiger partial charge on any atom is -0.369 e. The van der Waals surface area contributed by atoms with Gasteiger partial charge in [0, 0.05) is 19.1 Å². The normalized spacial score (nSPS) is 18.3. The molecule has 1 aromatic carbocycles. The maximum atomic E-state index is 14.3. The number of piperidine rings is 1. The number of benzene rings is 1. The largest absolute Gasteiger partial charge is 0.369 e. The molecule has 1 aromatic rings. The highest BCUT2D eigenvalue weighted by Gasteiger charge is 2.19. The Kier molecular flexibility index (Phi) is 5.41. The minimum atomic E-state index is -0.0813. The van der Waals surface area contributed by atoms with Crippen LogP contribution in [0.5, 0.6) is 0 Å². The summed E-state index contributed by atoms with van der Waals surface area (Å²) in [6, 6.07) is 5.91. The van der Waals surface area contributed by atoms with Gasteiger partial charge in [0.1, 0.15) is 5.82 Å². The summed E-state index contributed by atoms with van der Waals surface area (Å²) < 4.78 is 14.3. The van der Waals surface area contributed by atoms with Gasteiger partial charge in [-0.15, -0.1) is 0 Å². The predicted octanol–water partition coefficient (Wildman–Crippen LogP) is 4.12. The number of rotatable bonds is 5. The number of halogens is 1. The summed E-state index contributed by atoms with van der Waals surface area (Å²) in [6.07, 6.45) is 3.42. The molecule has 0 aromatic heterocycles. The van der Waals surface area contributed by atoms with Gasteiger partial charge in [0.2, 0.25) is 0 Å². The van der Waals surface area contributed by atoms with Gasteiger partial charge in [-0.1, -0.05) is 19.9 Å². The van der Waals surface area contributed by atoms with Crippen molar-refractivity contribution >= 4 is 5.69 Å². The Morgan fingerprint density at radius 1 is 1.35 bits per heavy atom. The molecule has 3 heteroatoms. The van der Waals surface area contributed by atoms with Gasteiger partial charge in [0.05, 0.1) is 5.69 Å². The molecule has 20 heavy (non-hydrogen) atoms. The average molecular weight is 278 g/mol. The zero-order valence-corrected chi connectivity index (χ0v) is 13.0. The van der Waals surface area contributed by atoms with Crippen LogP contribution in [0.4, 0.5) is 10.1 Å². The van der Waals surface area contributed by atoms with Crippen LogP contribution in [-0.2, 0) is 0 Å². The SMILES string of the molecule is CCCN[C@H](C)c1ccc(N2CCC(C)CC2)c(F)c1. The highest BCUT2D eigenvalue weighted by Crippen LogP contribution is 2.27. The topological polar surface area (TPSA) is 15.3 Å². The molecule has 1 aliphatic heterocycles. The summed E-state index contributed by atoms with van der Waals surface area (Å²) in [4.78, 5) is 2.18. The molecule has 0 saturated carbocycles. The molecule has 0 spiro atoms. The van der Waals surface area contributed by atoms with Crippen molar-refractivity contribution in [2.24, 2.45) is 5.92 Å². The molecule has 1 atom stereocenters. The van der Waals surface area contributed by atoms with Crippen molar-refractivity contribution in [1.29, 1.82) is 0 Å². The van der Waals surface area contributed by atoms with E-state index in [0.29, 0.717) is 0 Å². The molecule has 0 unspecified atom stereocenters. The van der Waals surface area contributed by atoms with E-state index in [9.17, 15) is 4.39 Å². The molecule has 0 radical (unpaired) electrons. The van der Waals surface area contributed by atoms with E-state index in [4.69, 9.17) is 0 Å². The van der Waals surface area contributed by atoms with Crippen LogP contribution in [0.15, 0.2) is 18.2 Å². The van der Waals surface area contributed by atoms with Crippen LogP contribution in [0, 0.1) is 11.7 Å². The first-order chi connectivity index (χ1) is 9.61. The Labute approximate surface area is 122 Å². The molecule has 1 N–H and O–H groups in total. The van der Waals surface area contributed by atoms with E-state index in [-0.39, 0.29) is 11.9 Å². The highest BCUT2D eigenvalue weighted by molar-refractivity contribution is 5.50. The van der Waals surface area contributed by atoms with Crippen molar-refractivity contribution in [2.45, 2.75) is 46.1 Å². The van der Waals surface area contributed by atoms with Gasteiger partial charge in [-0.05, 0) is 56.3 Å². The van der Waals surface area contributed by atoms with Crippen molar-refractivity contribution in [1.82, 2.24) is 5.32 Å². The fourth-order valence-electron chi connectivity index (χ4n) is 2.78. The van der Waals surface area contributed by atoms with Crippen LogP contribution >= 0.6 is 0 Å². The summed E-state index contributed by atoms with van der Waals surface area (Å²) in [5.41, 5.74) is 1.80. The maximum Gasteiger partial charge on any atom is 0.146 e. The predicted molar refractivity (Wildman–Crippen MR) is 83.7 cm³/mol. The monoisotopic (exact) mass is 278 g/mol. The summed E-state index contributed by atoms with van der Waals surface area (Å²) in [6.45, 7) is 9.42. The Balaban J connectivity index is 2.05. The zero-order valence-electron chi connectivity index (χ0n) is 13.0. The number of anilines is 1. The lowest BCUT2D eigenvalue weighted by Gasteiger charge is -2.32. The minimum absolute atomic E-state index is 0.0813. The third-order valence-corrected chi connectivity index (χ3v) is 4.30. The second kappa shape index (κ2) is 7.07. The standard InChI is InChI=1S/C17H27FN2/c1-4-9-19-14(3)15-5-6-17(16(18)12-15)20-10-7-13(2)8-11-20/h5-6,12-14,19H,4,7-11H2,1-3H3/t14-/m1/s1. The van der Waals surface area contributed by atoms with Crippen molar-refractivity contribution in [2.75, 3.05) is 24.5 Å². The summed E-state index contributed by atoms with van der Waals surface area (Å²) in [7, 11) is 0. The van der Waals surface area contributed by atoms with Gasteiger partial charge in [0.25, 0.3) is 0 Å². The third kappa shape index (κ3) is 3.72. The van der Waals surface area contributed by atoms with E-state index in [1.807, 2.05) is 6.07 Å². The first kappa shape index (κ1) is 15.3. The van der Waals surface area contributed by atoms with Crippen molar-refractivity contribution in [3.05, 3.63) is 29.6 Å². The molecule has 1 heterocycles. The fraction of sp³-hybridized carbons (Fsp3) is 0.647. The molecular weight excluding hydrogens is 251 g/mol. The fourth-order valence-corrected chi connectivity index (χ4v) is 2.78. The van der Waals surface area contributed by atoms with Crippen LogP contribution < -0.4 is 10.2 Å². The lowest BCUT2D eigenvalue weighted by molar-refractivity contribution is 0.434. The first-order valence-electron chi connectivity index (χ1n) is 7.89. The van der Waals surface area contributed by atoms with E-state index < -0.39 is 0 Å². The van der Waals surface area contributed by atoms with Gasteiger partial charge in [-0.25, -0.2) is 4.39 Å². The van der Waals surface area contributed by atoms with Crippen LogP contribution in [0.2, 0.25) is 0 Å². The number of nitrogens with one attached hydrogen (secondary N) is 1. The molecule has 1 saturated heterocycles. The molecular formula is C17H27FN2. The van der Waals surface area contributed by atoms with Crippen molar-refractivity contribution in [3.8, 4) is 0 Å². The molecule has 0 aliphatic carbocycles. The van der Waals surface area contributed by atoms with E-state index in [1.165, 1.54) is 0 Å². The first-order valence-corrected chi connectivity index (χ1v) is 7.89. The van der Waals surface area contributed by atoms with E-state index in [2.05, 4.69) is 37.1 Å². The number of hydrogen-bond acceptors (Lipinski definition) is 2. The summed E-state index contributed by atoms with van der Waals surface area (Å²) in [5.74, 6) is 0.689. The van der Waals surface area contributed by atoms with Crippen LogP contribution in [0.25, 0.3) is 0 Å². The summed E-state index contributed by atoms with van der Waals surface area (Å²) in [5, 5.41) is 3.40. The van der Waals surface area contributed by atoms with Gasteiger partial charge in [-0.2, -0.15) is 0 Å². The smallest absolute Gasteiger partial charge is 0.146 e. The Hall–Kier alpha value is -1.09. The van der Waals surface area contributed by atoms with Crippen LogP contribution in [0.1, 0.15) is 51.6 Å². The molecule has 0 bridgehead atoms. The second-order valence-electron chi connectivity index (χ2n) is 6.06. The molecule has 112 valence electrons. The average Bonchev–Trinajstić information content (AvgIpc) is 2.46. The Bertz CT molecular complexity index is 425. The van der Waals surface area contributed by atoms with Crippen LogP contribution in [-0.4, -0.2) is 19.6 Å². The van der Waals surface area contributed by atoms with E-state index in [0.717, 1.165) is 56.1 Å². The molecule has 2 rings (SSSR count). The van der Waals surface area contributed by atoms with E-state index >= 15 is 0 Å². The Morgan fingerprint density at radius 2 is 2.05 bits per heavy atom. The molecule has 1 fully saturated rings. The van der Waals surface area contributed by atoms with Crippen molar-refractivity contribution < 1.29 is 4.39 Å². The zero-order chi connectivity index (χ0) is 14.5. The quantitative estimate of drug-likeness (QED) is 0.871. The summed E-state index contributed by atoms with van der Waals surface area (Å²) >= 11 is 0. The third-order valence-electron chi connectivity index (χ3n) is 4.30. The van der Waals surface area contributed by atoms with Gasteiger partial charge in [0.15, 0.2) is 0 Å². The molecule has 2 nitrogen and oxygen atoms in total. The highest BCUT2D eigenvalue weighted by atomic mass is 19.1. The van der Waals surface area contributed by atoms with Gasteiger partial charge in [-0.3, -0.25) is 0 Å². The van der Waals surface area contributed by atoms with E-state index in [1.54, 1.807) is 6.07 Å². The lowest BCUT2D eigenvalue weighted by atomic mass is 9.98.